The molecule has 1 aliphatic rings. The third-order valence-electron chi connectivity index (χ3n) is 8.08. The zero-order valence-electron chi connectivity index (χ0n) is 26.0. The highest BCUT2D eigenvalue weighted by Gasteiger charge is 2.24. The van der Waals surface area contributed by atoms with Gasteiger partial charge in [0.1, 0.15) is 34.9 Å². The van der Waals surface area contributed by atoms with E-state index in [0.29, 0.717) is 41.3 Å². The second-order valence-corrected chi connectivity index (χ2v) is 11.8. The normalized spacial score (nSPS) is 13.9. The second kappa shape index (κ2) is 13.5. The molecule has 0 aliphatic carbocycles. The van der Waals surface area contributed by atoms with Gasteiger partial charge in [-0.05, 0) is 66.4 Å². The Balaban J connectivity index is 1.08. The Kier molecular flexibility index (Phi) is 8.78. The standard InChI is InChI=1S/C36H27ClF2N6O4/c1-44-18-21(17-40-44)5-8-25-9-6-23(35(37)41-25)20-49-34-4-2-3-30(43-34)27-16-28(38)24(13-29(27)39)15-33-42-31-10-7-22(36(46)47)14-32(31)45(33)19-26-11-12-48-26/h2-4,6-7,9-10,13-14,16-18,26H,11-12,15,19-20H2,1H3,(H,46,47). The molecule has 0 bridgehead atoms. The molecule has 10 nitrogen and oxygen atoms in total. The molecule has 1 N–H and O–H groups in total. The molecule has 13 heteroatoms. The fraction of sp³-hybridized carbons (Fsp3) is 0.194. The van der Waals surface area contributed by atoms with Gasteiger partial charge in [0, 0.05) is 43.5 Å². The molecule has 4 aromatic heterocycles. The molecule has 49 heavy (non-hydrogen) atoms. The van der Waals surface area contributed by atoms with Crippen LogP contribution in [-0.2, 0) is 31.4 Å². The molecule has 0 saturated carbocycles. The summed E-state index contributed by atoms with van der Waals surface area (Å²) in [6, 6.07) is 15.1. The van der Waals surface area contributed by atoms with E-state index in [1.54, 1.807) is 60.5 Å². The van der Waals surface area contributed by atoms with E-state index in [4.69, 9.17) is 21.1 Å². The number of hydrogen-bond acceptors (Lipinski definition) is 7. The van der Waals surface area contributed by atoms with Crippen LogP contribution in [0.1, 0.15) is 45.0 Å². The smallest absolute Gasteiger partial charge is 0.335 e. The van der Waals surface area contributed by atoms with Gasteiger partial charge < -0.3 is 19.1 Å². The van der Waals surface area contributed by atoms with Gasteiger partial charge in [-0.2, -0.15) is 5.10 Å². The molecule has 5 heterocycles. The van der Waals surface area contributed by atoms with Crippen molar-refractivity contribution in [1.82, 2.24) is 29.3 Å². The average Bonchev–Trinajstić information content (AvgIpc) is 3.64. The first-order chi connectivity index (χ1) is 23.7. The van der Waals surface area contributed by atoms with Crippen LogP contribution in [-0.4, -0.2) is 53.1 Å². The van der Waals surface area contributed by atoms with E-state index in [1.165, 1.54) is 12.1 Å². The number of halogens is 3. The van der Waals surface area contributed by atoms with Crippen LogP contribution in [0.3, 0.4) is 0 Å². The zero-order valence-corrected chi connectivity index (χ0v) is 26.8. The maximum Gasteiger partial charge on any atom is 0.335 e. The summed E-state index contributed by atoms with van der Waals surface area (Å²) in [4.78, 5) is 25.0. The molecule has 0 spiro atoms. The van der Waals surface area contributed by atoms with E-state index >= 15 is 8.78 Å². The predicted octanol–water partition coefficient (Wildman–Crippen LogP) is 6.22. The van der Waals surface area contributed by atoms with Crippen molar-refractivity contribution in [2.75, 3.05) is 6.61 Å². The minimum Gasteiger partial charge on any atom is -0.478 e. The summed E-state index contributed by atoms with van der Waals surface area (Å²) in [6.07, 6.45) is 4.19. The van der Waals surface area contributed by atoms with Gasteiger partial charge in [-0.15, -0.1) is 0 Å². The molecule has 0 radical (unpaired) electrons. The van der Waals surface area contributed by atoms with Crippen LogP contribution in [0.4, 0.5) is 8.78 Å². The Hall–Kier alpha value is -5.64. The molecule has 1 saturated heterocycles. The van der Waals surface area contributed by atoms with Gasteiger partial charge >= 0.3 is 5.97 Å². The Bertz CT molecular complexity index is 2290. The number of hydrogen-bond donors (Lipinski definition) is 1. The number of pyridine rings is 2. The number of carboxylic acid groups (broad SMARTS) is 1. The lowest BCUT2D eigenvalue weighted by atomic mass is 10.0. The Morgan fingerprint density at radius 1 is 1.06 bits per heavy atom. The molecule has 2 aromatic carbocycles. The van der Waals surface area contributed by atoms with E-state index in [2.05, 4.69) is 31.9 Å². The Labute approximate surface area is 283 Å². The molecule has 1 atom stereocenters. The highest BCUT2D eigenvalue weighted by Crippen LogP contribution is 2.29. The summed E-state index contributed by atoms with van der Waals surface area (Å²) >= 11 is 6.38. The molecule has 0 amide bonds. The minimum atomic E-state index is -1.07. The number of fused-ring (bicyclic) bond motifs is 1. The number of benzene rings is 2. The number of carbonyl (C=O) groups is 1. The number of aromatic carboxylic acids is 1. The topological polar surface area (TPSA) is 117 Å². The van der Waals surface area contributed by atoms with Crippen molar-refractivity contribution in [1.29, 1.82) is 0 Å². The molecule has 1 aliphatic heterocycles. The van der Waals surface area contributed by atoms with Crippen LogP contribution >= 0.6 is 11.6 Å². The fourth-order valence-electron chi connectivity index (χ4n) is 5.43. The predicted molar refractivity (Wildman–Crippen MR) is 176 cm³/mol. The van der Waals surface area contributed by atoms with E-state index in [1.807, 2.05) is 4.57 Å². The van der Waals surface area contributed by atoms with Crippen LogP contribution in [0, 0.1) is 23.5 Å². The van der Waals surface area contributed by atoms with Crippen molar-refractivity contribution in [3.05, 3.63) is 124 Å². The lowest BCUT2D eigenvalue weighted by Gasteiger charge is -2.27. The van der Waals surface area contributed by atoms with Gasteiger partial charge in [-0.3, -0.25) is 4.68 Å². The number of rotatable bonds is 9. The number of imidazole rings is 1. The summed E-state index contributed by atoms with van der Waals surface area (Å²) in [5.41, 5.74) is 3.31. The summed E-state index contributed by atoms with van der Waals surface area (Å²) in [7, 11) is 1.81. The molecule has 7 rings (SSSR count). The molecule has 246 valence electrons. The van der Waals surface area contributed by atoms with Crippen LogP contribution in [0.25, 0.3) is 22.3 Å². The van der Waals surface area contributed by atoms with Crippen LogP contribution in [0.15, 0.2) is 73.1 Å². The first-order valence-corrected chi connectivity index (χ1v) is 15.7. The minimum absolute atomic E-state index is 0.0218. The van der Waals surface area contributed by atoms with Gasteiger partial charge in [-0.25, -0.2) is 28.5 Å². The monoisotopic (exact) mass is 680 g/mol. The van der Waals surface area contributed by atoms with Crippen molar-refractivity contribution in [3.8, 4) is 29.0 Å². The second-order valence-electron chi connectivity index (χ2n) is 11.5. The average molecular weight is 681 g/mol. The third kappa shape index (κ3) is 6.99. The first kappa shape index (κ1) is 31.9. The Morgan fingerprint density at radius 3 is 2.65 bits per heavy atom. The summed E-state index contributed by atoms with van der Waals surface area (Å²) < 4.78 is 46.1. The van der Waals surface area contributed by atoms with Crippen molar-refractivity contribution < 1.29 is 28.2 Å². The van der Waals surface area contributed by atoms with Gasteiger partial charge in [0.05, 0.1) is 46.7 Å². The lowest BCUT2D eigenvalue weighted by Crippen LogP contribution is -2.31. The van der Waals surface area contributed by atoms with Crippen molar-refractivity contribution in [2.24, 2.45) is 7.05 Å². The summed E-state index contributed by atoms with van der Waals surface area (Å²) in [5, 5.41) is 13.8. The molecule has 1 fully saturated rings. The largest absolute Gasteiger partial charge is 0.478 e. The number of aryl methyl sites for hydroxylation is 1. The Morgan fingerprint density at radius 2 is 1.92 bits per heavy atom. The van der Waals surface area contributed by atoms with E-state index in [-0.39, 0.29) is 52.5 Å². The van der Waals surface area contributed by atoms with Crippen LogP contribution in [0.2, 0.25) is 5.15 Å². The summed E-state index contributed by atoms with van der Waals surface area (Å²) in [5.74, 6) is 4.20. The lowest BCUT2D eigenvalue weighted by molar-refractivity contribution is -0.0589. The zero-order chi connectivity index (χ0) is 34.1. The quantitative estimate of drug-likeness (QED) is 0.141. The van der Waals surface area contributed by atoms with Gasteiger partial charge in [-0.1, -0.05) is 23.6 Å². The van der Waals surface area contributed by atoms with Gasteiger partial charge in [0.15, 0.2) is 0 Å². The van der Waals surface area contributed by atoms with Gasteiger partial charge in [0.25, 0.3) is 0 Å². The number of aromatic nitrogens is 6. The summed E-state index contributed by atoms with van der Waals surface area (Å²) in [6.45, 7) is 1.09. The molecular weight excluding hydrogens is 654 g/mol. The van der Waals surface area contributed by atoms with E-state index in [9.17, 15) is 9.90 Å². The van der Waals surface area contributed by atoms with Crippen LogP contribution < -0.4 is 4.74 Å². The molecule has 1 unspecified atom stereocenters. The maximum atomic E-state index is 15.6. The van der Waals surface area contributed by atoms with E-state index < -0.39 is 17.6 Å². The number of carboxylic acids is 1. The highest BCUT2D eigenvalue weighted by atomic mass is 35.5. The van der Waals surface area contributed by atoms with Crippen molar-refractivity contribution >= 4 is 28.6 Å². The van der Waals surface area contributed by atoms with E-state index in [0.717, 1.165) is 24.1 Å². The molecular formula is C36H27ClF2N6O4. The van der Waals surface area contributed by atoms with Crippen molar-refractivity contribution in [3.63, 3.8) is 0 Å². The fourth-order valence-corrected chi connectivity index (χ4v) is 5.63. The number of ether oxygens (including phenoxy) is 2. The SMILES string of the molecule is Cn1cc(C#Cc2ccc(COc3cccc(-c4cc(F)c(Cc5nc6ccc(C(=O)O)cc6n5CC5CCO5)cc4F)n3)c(Cl)n2)cn1. The maximum absolute atomic E-state index is 15.6. The first-order valence-electron chi connectivity index (χ1n) is 15.3. The van der Waals surface area contributed by atoms with Gasteiger partial charge in [0.2, 0.25) is 5.88 Å². The van der Waals surface area contributed by atoms with Crippen molar-refractivity contribution in [2.45, 2.75) is 32.1 Å². The third-order valence-corrected chi connectivity index (χ3v) is 8.41. The van der Waals surface area contributed by atoms with Crippen LogP contribution in [0.5, 0.6) is 5.88 Å². The highest BCUT2D eigenvalue weighted by molar-refractivity contribution is 6.30. The number of nitrogens with zero attached hydrogens (tertiary/aromatic N) is 6. The molecule has 6 aromatic rings.